The van der Waals surface area contributed by atoms with E-state index in [-0.39, 0.29) is 18.2 Å². The number of likely N-dealkylation sites (N-methyl/N-ethyl adjacent to an activating group) is 2. The van der Waals surface area contributed by atoms with Crippen molar-refractivity contribution in [2.75, 3.05) is 26.7 Å². The zero-order valence-electron chi connectivity index (χ0n) is 11.5. The molecule has 0 fully saturated rings. The molecule has 1 aromatic heterocycles. The second-order valence-electron chi connectivity index (χ2n) is 4.31. The summed E-state index contributed by atoms with van der Waals surface area (Å²) in [6.07, 6.45) is 0. The molecule has 6 heteroatoms. The molecule has 0 radical (unpaired) electrons. The van der Waals surface area contributed by atoms with Gasteiger partial charge in [-0.1, -0.05) is 0 Å². The van der Waals surface area contributed by atoms with E-state index in [1.165, 1.54) is 6.07 Å². The molecule has 0 atom stereocenters. The van der Waals surface area contributed by atoms with Crippen LogP contribution in [0.1, 0.15) is 30.2 Å². The van der Waals surface area contributed by atoms with Crippen LogP contribution in [0.4, 0.5) is 0 Å². The standard InChI is InChI=1S/C13H20N2O4/c1-4-15(5-2)12(16)9-14(3)8-10-6-7-11(19-10)13(17)18/h6-7H,4-5,8-9H2,1-3H3,(H,17,18). The van der Waals surface area contributed by atoms with Crippen molar-refractivity contribution >= 4 is 11.9 Å². The van der Waals surface area contributed by atoms with E-state index >= 15 is 0 Å². The minimum atomic E-state index is -1.09. The SMILES string of the molecule is CCN(CC)C(=O)CN(C)Cc1ccc(C(=O)O)o1. The van der Waals surface area contributed by atoms with Crippen molar-refractivity contribution in [2.24, 2.45) is 0 Å². The Morgan fingerprint density at radius 1 is 1.26 bits per heavy atom. The van der Waals surface area contributed by atoms with Gasteiger partial charge in [0.15, 0.2) is 0 Å². The molecule has 1 heterocycles. The van der Waals surface area contributed by atoms with Gasteiger partial charge in [-0.15, -0.1) is 0 Å². The summed E-state index contributed by atoms with van der Waals surface area (Å²) in [4.78, 5) is 26.1. The molecule has 6 nitrogen and oxygen atoms in total. The molecule has 0 aliphatic carbocycles. The summed E-state index contributed by atoms with van der Waals surface area (Å²) in [5, 5.41) is 8.75. The lowest BCUT2D eigenvalue weighted by atomic mass is 10.3. The highest BCUT2D eigenvalue weighted by Gasteiger charge is 2.15. The van der Waals surface area contributed by atoms with Crippen molar-refractivity contribution < 1.29 is 19.1 Å². The van der Waals surface area contributed by atoms with Crippen LogP contribution in [-0.4, -0.2) is 53.5 Å². The van der Waals surface area contributed by atoms with E-state index < -0.39 is 5.97 Å². The number of carbonyl (C=O) groups is 2. The van der Waals surface area contributed by atoms with Crippen LogP contribution in [0.5, 0.6) is 0 Å². The van der Waals surface area contributed by atoms with Gasteiger partial charge in [0.2, 0.25) is 11.7 Å². The Bertz CT molecular complexity index is 438. The van der Waals surface area contributed by atoms with E-state index in [0.717, 1.165) is 0 Å². The van der Waals surface area contributed by atoms with Gasteiger partial charge in [-0.3, -0.25) is 9.69 Å². The van der Waals surface area contributed by atoms with Crippen LogP contribution in [0.3, 0.4) is 0 Å². The fraction of sp³-hybridized carbons (Fsp3) is 0.538. The number of rotatable bonds is 7. The zero-order valence-corrected chi connectivity index (χ0v) is 11.5. The van der Waals surface area contributed by atoms with E-state index in [1.807, 2.05) is 13.8 Å². The Hall–Kier alpha value is -1.82. The van der Waals surface area contributed by atoms with Crippen LogP contribution in [0.15, 0.2) is 16.5 Å². The molecule has 0 aliphatic heterocycles. The molecule has 0 aromatic carbocycles. The number of nitrogens with zero attached hydrogens (tertiary/aromatic N) is 2. The smallest absolute Gasteiger partial charge is 0.371 e. The highest BCUT2D eigenvalue weighted by Crippen LogP contribution is 2.10. The fourth-order valence-corrected chi connectivity index (χ4v) is 1.81. The van der Waals surface area contributed by atoms with Crippen molar-refractivity contribution in [3.8, 4) is 0 Å². The summed E-state index contributed by atoms with van der Waals surface area (Å²) in [6, 6.07) is 3.03. The van der Waals surface area contributed by atoms with E-state index in [0.29, 0.717) is 25.4 Å². The van der Waals surface area contributed by atoms with Gasteiger partial charge in [0.25, 0.3) is 0 Å². The second-order valence-corrected chi connectivity index (χ2v) is 4.31. The molecular weight excluding hydrogens is 248 g/mol. The normalized spacial score (nSPS) is 10.7. The molecule has 1 rings (SSSR count). The van der Waals surface area contributed by atoms with Gasteiger partial charge in [0.05, 0.1) is 13.1 Å². The van der Waals surface area contributed by atoms with Gasteiger partial charge in [-0.2, -0.15) is 0 Å². The molecule has 0 bridgehead atoms. The second kappa shape index (κ2) is 6.94. The molecule has 1 N–H and O–H groups in total. The van der Waals surface area contributed by atoms with Gasteiger partial charge < -0.3 is 14.4 Å². The largest absolute Gasteiger partial charge is 0.475 e. The van der Waals surface area contributed by atoms with Crippen LogP contribution >= 0.6 is 0 Å². The number of aromatic carboxylic acids is 1. The minimum absolute atomic E-state index is 0.0533. The molecule has 0 spiro atoms. The van der Waals surface area contributed by atoms with E-state index in [2.05, 4.69) is 0 Å². The monoisotopic (exact) mass is 268 g/mol. The Morgan fingerprint density at radius 3 is 2.37 bits per heavy atom. The Balaban J connectivity index is 2.52. The van der Waals surface area contributed by atoms with Crippen molar-refractivity contribution in [2.45, 2.75) is 20.4 Å². The first-order valence-electron chi connectivity index (χ1n) is 6.26. The maximum Gasteiger partial charge on any atom is 0.371 e. The summed E-state index contributed by atoms with van der Waals surface area (Å²) >= 11 is 0. The van der Waals surface area contributed by atoms with Crippen LogP contribution in [0, 0.1) is 0 Å². The van der Waals surface area contributed by atoms with Crippen molar-refractivity contribution in [1.82, 2.24) is 9.80 Å². The lowest BCUT2D eigenvalue weighted by Gasteiger charge is -2.22. The molecule has 0 saturated carbocycles. The quantitative estimate of drug-likeness (QED) is 0.806. The molecular formula is C13H20N2O4. The van der Waals surface area contributed by atoms with Crippen molar-refractivity contribution in [3.05, 3.63) is 23.7 Å². The zero-order chi connectivity index (χ0) is 14.4. The van der Waals surface area contributed by atoms with Gasteiger partial charge >= 0.3 is 5.97 Å². The molecule has 19 heavy (non-hydrogen) atoms. The topological polar surface area (TPSA) is 74.0 Å². The maximum atomic E-state index is 11.9. The van der Waals surface area contributed by atoms with Crippen LogP contribution < -0.4 is 0 Å². The number of carboxylic acids is 1. The molecule has 1 aromatic rings. The van der Waals surface area contributed by atoms with Crippen LogP contribution in [0.2, 0.25) is 0 Å². The average Bonchev–Trinajstić information content (AvgIpc) is 2.78. The first-order chi connectivity index (χ1) is 8.97. The van der Waals surface area contributed by atoms with Crippen molar-refractivity contribution in [3.63, 3.8) is 0 Å². The first-order valence-corrected chi connectivity index (χ1v) is 6.26. The third kappa shape index (κ3) is 4.40. The molecule has 106 valence electrons. The summed E-state index contributed by atoms with van der Waals surface area (Å²) in [6.45, 7) is 5.94. The summed E-state index contributed by atoms with van der Waals surface area (Å²) in [7, 11) is 1.80. The number of carbonyl (C=O) groups excluding carboxylic acids is 1. The number of hydrogen-bond acceptors (Lipinski definition) is 4. The lowest BCUT2D eigenvalue weighted by Crippen LogP contribution is -2.38. The number of hydrogen-bond donors (Lipinski definition) is 1. The number of carboxylic acid groups (broad SMARTS) is 1. The van der Waals surface area contributed by atoms with E-state index in [1.54, 1.807) is 22.9 Å². The predicted octanol–water partition coefficient (Wildman–Crippen LogP) is 1.28. The predicted molar refractivity (Wildman–Crippen MR) is 69.9 cm³/mol. The van der Waals surface area contributed by atoms with Gasteiger partial charge in [-0.05, 0) is 33.0 Å². The number of amides is 1. The van der Waals surface area contributed by atoms with Crippen LogP contribution in [-0.2, 0) is 11.3 Å². The van der Waals surface area contributed by atoms with Crippen molar-refractivity contribution in [1.29, 1.82) is 0 Å². The lowest BCUT2D eigenvalue weighted by molar-refractivity contribution is -0.131. The Labute approximate surface area is 112 Å². The Kier molecular flexibility index (Phi) is 5.57. The highest BCUT2D eigenvalue weighted by atomic mass is 16.4. The van der Waals surface area contributed by atoms with Gasteiger partial charge in [0, 0.05) is 13.1 Å². The first kappa shape index (κ1) is 15.2. The molecule has 0 aliphatic rings. The van der Waals surface area contributed by atoms with Crippen LogP contribution in [0.25, 0.3) is 0 Å². The summed E-state index contributed by atoms with van der Waals surface area (Å²) < 4.78 is 5.14. The molecule has 0 saturated heterocycles. The molecule has 0 unspecified atom stereocenters. The third-order valence-corrected chi connectivity index (χ3v) is 2.82. The number of furan rings is 1. The highest BCUT2D eigenvalue weighted by molar-refractivity contribution is 5.84. The minimum Gasteiger partial charge on any atom is -0.475 e. The summed E-state index contributed by atoms with van der Waals surface area (Å²) in [5.41, 5.74) is 0. The maximum absolute atomic E-state index is 11.9. The average molecular weight is 268 g/mol. The van der Waals surface area contributed by atoms with E-state index in [9.17, 15) is 9.59 Å². The Morgan fingerprint density at radius 2 is 1.89 bits per heavy atom. The van der Waals surface area contributed by atoms with Gasteiger partial charge in [-0.25, -0.2) is 4.79 Å². The molecule has 1 amide bonds. The fourth-order valence-electron chi connectivity index (χ4n) is 1.81. The summed E-state index contributed by atoms with van der Waals surface area (Å²) in [5.74, 6) is -0.587. The van der Waals surface area contributed by atoms with E-state index in [4.69, 9.17) is 9.52 Å². The third-order valence-electron chi connectivity index (χ3n) is 2.82. The van der Waals surface area contributed by atoms with Gasteiger partial charge in [0.1, 0.15) is 5.76 Å².